The first-order valence-corrected chi connectivity index (χ1v) is 11.8. The molecule has 0 spiro atoms. The summed E-state index contributed by atoms with van der Waals surface area (Å²) in [5.74, 6) is -2.27. The number of esters is 1. The summed E-state index contributed by atoms with van der Waals surface area (Å²) in [5, 5.41) is 3.07. The van der Waals surface area contributed by atoms with Crippen molar-refractivity contribution in [2.45, 2.75) is 17.9 Å². The van der Waals surface area contributed by atoms with Gasteiger partial charge in [0.1, 0.15) is 10.8 Å². The van der Waals surface area contributed by atoms with Crippen molar-refractivity contribution >= 4 is 55.7 Å². The SMILES string of the molecule is COC(=O)c1c(NC(=O)CS(=O)(=O)c2ccc(Cl)cc2)sc2c1CCN(C(=O)OC)C2. The fourth-order valence-corrected chi connectivity index (χ4v) is 5.68. The lowest BCUT2D eigenvalue weighted by atomic mass is 10.0. The van der Waals surface area contributed by atoms with Crippen LogP contribution >= 0.6 is 22.9 Å². The monoisotopic (exact) mass is 486 g/mol. The average Bonchev–Trinajstić information content (AvgIpc) is 3.09. The van der Waals surface area contributed by atoms with Crippen molar-refractivity contribution in [3.63, 3.8) is 0 Å². The van der Waals surface area contributed by atoms with E-state index in [1.54, 1.807) is 0 Å². The summed E-state index contributed by atoms with van der Waals surface area (Å²) in [6, 6.07) is 5.47. The van der Waals surface area contributed by atoms with Crippen molar-refractivity contribution in [1.29, 1.82) is 0 Å². The smallest absolute Gasteiger partial charge is 0.409 e. The number of thiophene rings is 1. The molecule has 31 heavy (non-hydrogen) atoms. The summed E-state index contributed by atoms with van der Waals surface area (Å²) in [5.41, 5.74) is 0.831. The molecule has 1 N–H and O–H groups in total. The third kappa shape index (κ3) is 5.00. The maximum absolute atomic E-state index is 12.5. The number of anilines is 1. The number of rotatable bonds is 5. The molecule has 0 saturated heterocycles. The second-order valence-electron chi connectivity index (χ2n) is 6.60. The summed E-state index contributed by atoms with van der Waals surface area (Å²) in [6.07, 6.45) is -0.136. The predicted molar refractivity (Wildman–Crippen MR) is 114 cm³/mol. The van der Waals surface area contributed by atoms with E-state index < -0.39 is 33.6 Å². The van der Waals surface area contributed by atoms with Crippen molar-refractivity contribution in [2.24, 2.45) is 0 Å². The Morgan fingerprint density at radius 2 is 1.84 bits per heavy atom. The van der Waals surface area contributed by atoms with Gasteiger partial charge in [-0.05, 0) is 36.2 Å². The third-order valence-corrected chi connectivity index (χ3v) is 7.64. The molecule has 2 aromatic rings. The molecule has 0 aliphatic carbocycles. The van der Waals surface area contributed by atoms with E-state index in [1.807, 2.05) is 0 Å². The lowest BCUT2D eigenvalue weighted by Crippen LogP contribution is -2.35. The fraction of sp³-hybridized carbons (Fsp3) is 0.316. The molecule has 2 amide bonds. The molecule has 0 unspecified atom stereocenters. The third-order valence-electron chi connectivity index (χ3n) is 4.63. The van der Waals surface area contributed by atoms with E-state index in [4.69, 9.17) is 21.1 Å². The lowest BCUT2D eigenvalue weighted by molar-refractivity contribution is -0.113. The van der Waals surface area contributed by atoms with Crippen LogP contribution in [-0.2, 0) is 37.1 Å². The van der Waals surface area contributed by atoms with Crippen LogP contribution in [0.4, 0.5) is 9.80 Å². The molecule has 0 radical (unpaired) electrons. The van der Waals surface area contributed by atoms with E-state index in [0.717, 1.165) is 11.3 Å². The highest BCUT2D eigenvalue weighted by Crippen LogP contribution is 2.37. The fourth-order valence-electron chi connectivity index (χ4n) is 3.16. The number of hydrogen-bond acceptors (Lipinski definition) is 8. The average molecular weight is 487 g/mol. The molecule has 1 aliphatic rings. The number of nitrogens with zero attached hydrogens (tertiary/aromatic N) is 1. The van der Waals surface area contributed by atoms with Gasteiger partial charge >= 0.3 is 12.1 Å². The van der Waals surface area contributed by atoms with Gasteiger partial charge < -0.3 is 19.7 Å². The molecule has 2 heterocycles. The molecule has 1 aliphatic heterocycles. The van der Waals surface area contributed by atoms with Gasteiger partial charge in [-0.15, -0.1) is 11.3 Å². The Kier molecular flexibility index (Phi) is 6.87. The number of amides is 2. The van der Waals surface area contributed by atoms with Gasteiger partial charge in [0.15, 0.2) is 9.84 Å². The molecule has 1 aromatic heterocycles. The normalized spacial score (nSPS) is 13.3. The standard InChI is InChI=1S/C19H19ClN2O7S2/c1-28-18(24)16-13-7-8-22(19(25)29-2)9-14(13)30-17(16)21-15(23)10-31(26,27)12-5-3-11(20)4-6-12/h3-6H,7-10H2,1-2H3,(H,21,23). The number of carbonyl (C=O) groups excluding carboxylic acids is 3. The molecule has 0 fully saturated rings. The quantitative estimate of drug-likeness (QED) is 0.645. The number of hydrogen-bond donors (Lipinski definition) is 1. The van der Waals surface area contributed by atoms with Crippen LogP contribution < -0.4 is 5.32 Å². The van der Waals surface area contributed by atoms with Crippen LogP contribution in [0.3, 0.4) is 0 Å². The van der Waals surface area contributed by atoms with Gasteiger partial charge in [0, 0.05) is 16.4 Å². The van der Waals surface area contributed by atoms with Crippen LogP contribution in [0.1, 0.15) is 20.8 Å². The number of halogens is 1. The number of benzene rings is 1. The first-order chi connectivity index (χ1) is 14.7. The van der Waals surface area contributed by atoms with Crippen molar-refractivity contribution in [3.05, 3.63) is 45.3 Å². The summed E-state index contributed by atoms with van der Waals surface area (Å²) >= 11 is 6.87. The number of methoxy groups -OCH3 is 2. The Morgan fingerprint density at radius 1 is 1.16 bits per heavy atom. The Balaban J connectivity index is 1.84. The molecule has 3 rings (SSSR count). The van der Waals surface area contributed by atoms with E-state index in [0.29, 0.717) is 28.4 Å². The molecular weight excluding hydrogens is 468 g/mol. The van der Waals surface area contributed by atoms with Crippen LogP contribution in [0.5, 0.6) is 0 Å². The largest absolute Gasteiger partial charge is 0.465 e. The zero-order valence-corrected chi connectivity index (χ0v) is 19.0. The Labute approximate surface area is 187 Å². The van der Waals surface area contributed by atoms with E-state index in [2.05, 4.69) is 5.32 Å². The molecule has 12 heteroatoms. The number of nitrogens with one attached hydrogen (secondary N) is 1. The van der Waals surface area contributed by atoms with Gasteiger partial charge in [0.2, 0.25) is 5.91 Å². The molecule has 1 aromatic carbocycles. The first kappa shape index (κ1) is 23.0. The topological polar surface area (TPSA) is 119 Å². The van der Waals surface area contributed by atoms with Crippen molar-refractivity contribution in [2.75, 3.05) is 31.8 Å². The predicted octanol–water partition coefficient (Wildman–Crippen LogP) is 2.73. The van der Waals surface area contributed by atoms with Gasteiger partial charge in [0.05, 0.1) is 31.2 Å². The Hall–Kier alpha value is -2.63. The summed E-state index contributed by atoms with van der Waals surface area (Å²) in [6.45, 7) is 0.536. The summed E-state index contributed by atoms with van der Waals surface area (Å²) in [7, 11) is -1.42. The van der Waals surface area contributed by atoms with E-state index in [9.17, 15) is 22.8 Å². The number of carbonyl (C=O) groups is 3. The lowest BCUT2D eigenvalue weighted by Gasteiger charge is -2.25. The highest BCUT2D eigenvalue weighted by molar-refractivity contribution is 7.92. The van der Waals surface area contributed by atoms with Crippen LogP contribution in [0.2, 0.25) is 5.02 Å². The minimum Gasteiger partial charge on any atom is -0.465 e. The molecule has 0 bridgehead atoms. The summed E-state index contributed by atoms with van der Waals surface area (Å²) < 4.78 is 34.6. The summed E-state index contributed by atoms with van der Waals surface area (Å²) in [4.78, 5) is 38.8. The van der Waals surface area contributed by atoms with E-state index in [1.165, 1.54) is 43.4 Å². The molecular formula is C19H19ClN2O7S2. The number of ether oxygens (including phenoxy) is 2. The van der Waals surface area contributed by atoms with Gasteiger partial charge in [-0.3, -0.25) is 4.79 Å². The highest BCUT2D eigenvalue weighted by Gasteiger charge is 2.31. The van der Waals surface area contributed by atoms with Crippen LogP contribution in [0.15, 0.2) is 29.2 Å². The zero-order valence-electron chi connectivity index (χ0n) is 16.6. The van der Waals surface area contributed by atoms with Gasteiger partial charge in [-0.2, -0.15) is 0 Å². The number of sulfone groups is 1. The molecule has 0 saturated carbocycles. The van der Waals surface area contributed by atoms with Gasteiger partial charge in [0.25, 0.3) is 0 Å². The van der Waals surface area contributed by atoms with Crippen LogP contribution in [0.25, 0.3) is 0 Å². The Bertz CT molecular complexity index is 1130. The highest BCUT2D eigenvalue weighted by atomic mass is 35.5. The molecule has 166 valence electrons. The minimum atomic E-state index is -3.91. The molecule has 9 nitrogen and oxygen atoms in total. The second kappa shape index (κ2) is 9.25. The van der Waals surface area contributed by atoms with E-state index in [-0.39, 0.29) is 22.0 Å². The molecule has 0 atom stereocenters. The Morgan fingerprint density at radius 3 is 2.45 bits per heavy atom. The number of fused-ring (bicyclic) bond motifs is 1. The van der Waals surface area contributed by atoms with Gasteiger partial charge in [-0.25, -0.2) is 18.0 Å². The zero-order chi connectivity index (χ0) is 22.8. The minimum absolute atomic E-state index is 0.0422. The first-order valence-electron chi connectivity index (χ1n) is 9.00. The van der Waals surface area contributed by atoms with Crippen molar-refractivity contribution < 1.29 is 32.3 Å². The second-order valence-corrected chi connectivity index (χ2v) is 10.1. The van der Waals surface area contributed by atoms with Gasteiger partial charge in [-0.1, -0.05) is 11.6 Å². The van der Waals surface area contributed by atoms with Crippen LogP contribution in [0, 0.1) is 0 Å². The van der Waals surface area contributed by atoms with Crippen molar-refractivity contribution in [1.82, 2.24) is 4.90 Å². The maximum Gasteiger partial charge on any atom is 0.409 e. The van der Waals surface area contributed by atoms with Crippen LogP contribution in [-0.4, -0.2) is 57.8 Å². The van der Waals surface area contributed by atoms with E-state index >= 15 is 0 Å². The van der Waals surface area contributed by atoms with Crippen molar-refractivity contribution in [3.8, 4) is 0 Å². The maximum atomic E-state index is 12.5.